The molecule has 1 aromatic carbocycles. The summed E-state index contributed by atoms with van der Waals surface area (Å²) in [4.78, 5) is 34.5. The average molecular weight is 562 g/mol. The second kappa shape index (κ2) is 10.3. The van der Waals surface area contributed by atoms with Crippen LogP contribution in [0.15, 0.2) is 41.5 Å². The summed E-state index contributed by atoms with van der Waals surface area (Å²) in [7, 11) is 5.14. The number of benzene rings is 1. The number of pyridine rings is 2. The lowest BCUT2D eigenvalue weighted by Crippen LogP contribution is -2.31. The van der Waals surface area contributed by atoms with Crippen molar-refractivity contribution in [3.8, 4) is 11.1 Å². The van der Waals surface area contributed by atoms with E-state index in [1.165, 1.54) is 0 Å². The molecule has 3 aromatic heterocycles. The number of hydrogen-bond acceptors (Lipinski definition) is 6. The van der Waals surface area contributed by atoms with Gasteiger partial charge in [-0.05, 0) is 55.5 Å². The third kappa shape index (κ3) is 4.62. The summed E-state index contributed by atoms with van der Waals surface area (Å²) in [6.45, 7) is 3.53. The zero-order valence-electron chi connectivity index (χ0n) is 23.6. The van der Waals surface area contributed by atoms with Crippen LogP contribution in [-0.4, -0.2) is 51.9 Å². The third-order valence-corrected chi connectivity index (χ3v) is 8.37. The third-order valence-electron chi connectivity index (χ3n) is 8.37. The average Bonchev–Trinajstić information content (AvgIpc) is 3.64. The van der Waals surface area contributed by atoms with Crippen molar-refractivity contribution in [2.75, 3.05) is 36.5 Å². The Labute approximate surface area is 236 Å². The summed E-state index contributed by atoms with van der Waals surface area (Å²) < 4.78 is 32.1. The minimum Gasteiger partial charge on any atom is -0.359 e. The molecule has 1 saturated heterocycles. The lowest BCUT2D eigenvalue weighted by molar-refractivity contribution is -0.123. The number of rotatable bonds is 5. The van der Waals surface area contributed by atoms with E-state index in [0.29, 0.717) is 65.6 Å². The molecule has 0 aliphatic carbocycles. The van der Waals surface area contributed by atoms with Crippen LogP contribution in [-0.2, 0) is 25.3 Å². The smallest absolute Gasteiger partial charge is 0.264 e. The Balaban J connectivity index is 1.51. The van der Waals surface area contributed by atoms with Gasteiger partial charge in [-0.15, -0.1) is 0 Å². The van der Waals surface area contributed by atoms with E-state index < -0.39 is 6.43 Å². The molecule has 1 amide bonds. The van der Waals surface area contributed by atoms with E-state index in [1.54, 1.807) is 55.8 Å². The summed E-state index contributed by atoms with van der Waals surface area (Å²) >= 11 is 0. The van der Waals surface area contributed by atoms with Gasteiger partial charge in [0.1, 0.15) is 11.6 Å². The summed E-state index contributed by atoms with van der Waals surface area (Å²) in [5, 5.41) is 7.75. The van der Waals surface area contributed by atoms with Gasteiger partial charge in [-0.1, -0.05) is 0 Å². The molecule has 5 heterocycles. The Bertz CT molecular complexity index is 1730. The maximum atomic E-state index is 14.4. The second-order valence-electron chi connectivity index (χ2n) is 11.0. The molecule has 2 aliphatic heterocycles. The van der Waals surface area contributed by atoms with Gasteiger partial charge in [0.25, 0.3) is 12.0 Å². The van der Waals surface area contributed by atoms with Crippen LogP contribution >= 0.6 is 0 Å². The molecular weight excluding hydrogens is 528 g/mol. The first kappa shape index (κ1) is 26.9. The van der Waals surface area contributed by atoms with E-state index in [-0.39, 0.29) is 22.9 Å². The molecule has 0 bridgehead atoms. The first-order valence-electron chi connectivity index (χ1n) is 13.9. The number of amides is 1. The molecule has 0 saturated carbocycles. The summed E-state index contributed by atoms with van der Waals surface area (Å²) in [5.74, 6) is 1.11. The predicted octanol–water partition coefficient (Wildman–Crippen LogP) is 4.24. The Kier molecular flexibility index (Phi) is 6.75. The van der Waals surface area contributed by atoms with Crippen molar-refractivity contribution in [1.82, 2.24) is 24.6 Å². The Morgan fingerprint density at radius 1 is 1.15 bits per heavy atom. The van der Waals surface area contributed by atoms with Crippen molar-refractivity contribution in [3.63, 3.8) is 0 Å². The predicted molar refractivity (Wildman–Crippen MR) is 155 cm³/mol. The highest BCUT2D eigenvalue weighted by Gasteiger charge is 2.31. The first-order chi connectivity index (χ1) is 19.7. The van der Waals surface area contributed by atoms with E-state index in [1.807, 2.05) is 23.1 Å². The standard InChI is InChI=1S/C30H33F2N7O2/c1-17-10-23-25(37(4)30(17)41)13-26(35-28(23)38-9-7-19(16-38)29(40)33-2)39-8-5-6-18-11-21(20-14-34-36(3)15-20)22(27(31)32)12-24(18)39/h10-15,19,27H,5-9,16H2,1-4H3,(H,33,40). The molecule has 9 nitrogen and oxygen atoms in total. The monoisotopic (exact) mass is 561 g/mol. The van der Waals surface area contributed by atoms with Crippen molar-refractivity contribution in [3.05, 3.63) is 63.7 Å². The van der Waals surface area contributed by atoms with Gasteiger partial charge in [0, 0.05) is 80.8 Å². The van der Waals surface area contributed by atoms with Crippen LogP contribution in [0.5, 0.6) is 0 Å². The van der Waals surface area contributed by atoms with Crippen LogP contribution in [0.2, 0.25) is 0 Å². The van der Waals surface area contributed by atoms with Crippen molar-refractivity contribution < 1.29 is 13.6 Å². The van der Waals surface area contributed by atoms with Crippen molar-refractivity contribution in [2.45, 2.75) is 32.6 Å². The molecule has 1 N–H and O–H groups in total. The van der Waals surface area contributed by atoms with E-state index in [4.69, 9.17) is 4.98 Å². The van der Waals surface area contributed by atoms with Crippen LogP contribution in [0.1, 0.15) is 36.0 Å². The summed E-state index contributed by atoms with van der Waals surface area (Å²) in [6.07, 6.45) is 2.94. The topological polar surface area (TPSA) is 88.3 Å². The largest absolute Gasteiger partial charge is 0.359 e. The van der Waals surface area contributed by atoms with E-state index in [2.05, 4.69) is 15.3 Å². The fourth-order valence-electron chi connectivity index (χ4n) is 6.21. The van der Waals surface area contributed by atoms with Gasteiger partial charge in [-0.25, -0.2) is 13.8 Å². The van der Waals surface area contributed by atoms with Crippen LogP contribution in [0.4, 0.5) is 26.1 Å². The summed E-state index contributed by atoms with van der Waals surface area (Å²) in [5.41, 5.74) is 3.93. The van der Waals surface area contributed by atoms with Gasteiger partial charge in [0.15, 0.2) is 0 Å². The van der Waals surface area contributed by atoms with Gasteiger partial charge in [0.05, 0.1) is 17.6 Å². The molecule has 41 heavy (non-hydrogen) atoms. The van der Waals surface area contributed by atoms with Gasteiger partial charge < -0.3 is 19.7 Å². The highest BCUT2D eigenvalue weighted by Crippen LogP contribution is 2.42. The Morgan fingerprint density at radius 3 is 2.66 bits per heavy atom. The number of halogens is 2. The van der Waals surface area contributed by atoms with E-state index >= 15 is 0 Å². The minimum atomic E-state index is -2.67. The minimum absolute atomic E-state index is 0.00885. The number of carbonyl (C=O) groups excluding carboxylic acids is 1. The Morgan fingerprint density at radius 2 is 1.95 bits per heavy atom. The normalized spacial score (nSPS) is 17.0. The fraction of sp³-hybridized carbons (Fsp3) is 0.400. The van der Waals surface area contributed by atoms with Crippen molar-refractivity contribution in [1.29, 1.82) is 0 Å². The number of nitrogens with one attached hydrogen (secondary N) is 1. The number of anilines is 3. The summed E-state index contributed by atoms with van der Waals surface area (Å²) in [6, 6.07) is 7.17. The zero-order valence-corrected chi connectivity index (χ0v) is 23.6. The highest BCUT2D eigenvalue weighted by molar-refractivity contribution is 5.94. The molecule has 4 aromatic rings. The molecule has 11 heteroatoms. The van der Waals surface area contributed by atoms with Gasteiger partial charge in [-0.3, -0.25) is 14.3 Å². The van der Waals surface area contributed by atoms with Gasteiger partial charge >= 0.3 is 0 Å². The molecule has 1 unspecified atom stereocenters. The molecular formula is C30H33F2N7O2. The molecule has 0 radical (unpaired) electrons. The number of aryl methyl sites for hydroxylation is 4. The molecule has 0 spiro atoms. The number of alkyl halides is 2. The van der Waals surface area contributed by atoms with E-state index in [0.717, 1.165) is 23.8 Å². The van der Waals surface area contributed by atoms with Crippen LogP contribution in [0.25, 0.3) is 22.0 Å². The number of nitrogens with zero attached hydrogens (tertiary/aromatic N) is 6. The Hall–Kier alpha value is -4.28. The lowest BCUT2D eigenvalue weighted by Gasteiger charge is -2.33. The van der Waals surface area contributed by atoms with Crippen LogP contribution in [0.3, 0.4) is 0 Å². The fourth-order valence-corrected chi connectivity index (χ4v) is 6.21. The maximum absolute atomic E-state index is 14.4. The quantitative estimate of drug-likeness (QED) is 0.392. The van der Waals surface area contributed by atoms with Crippen molar-refractivity contribution in [2.24, 2.45) is 20.0 Å². The molecule has 2 aliphatic rings. The molecule has 1 atom stereocenters. The first-order valence-corrected chi connectivity index (χ1v) is 13.9. The molecule has 6 rings (SSSR count). The van der Waals surface area contributed by atoms with Crippen LogP contribution < -0.4 is 20.7 Å². The number of aromatic nitrogens is 4. The van der Waals surface area contributed by atoms with Gasteiger partial charge in [-0.2, -0.15) is 5.10 Å². The number of fused-ring (bicyclic) bond motifs is 2. The lowest BCUT2D eigenvalue weighted by atomic mass is 9.93. The SMILES string of the molecule is CNC(=O)C1CCN(c2nc(N3CCCc4cc(-c5cnn(C)c5)c(C(F)F)cc43)cc3c2cc(C)c(=O)n3C)C1. The number of carbonyl (C=O) groups is 1. The van der Waals surface area contributed by atoms with E-state index in [9.17, 15) is 18.4 Å². The maximum Gasteiger partial charge on any atom is 0.264 e. The number of hydrogen-bond donors (Lipinski definition) is 1. The van der Waals surface area contributed by atoms with Crippen molar-refractivity contribution >= 4 is 34.1 Å². The van der Waals surface area contributed by atoms with Gasteiger partial charge in [0.2, 0.25) is 5.91 Å². The zero-order chi connectivity index (χ0) is 29.0. The molecule has 214 valence electrons. The highest BCUT2D eigenvalue weighted by atomic mass is 19.3. The van der Waals surface area contributed by atoms with Crippen LogP contribution in [0, 0.1) is 12.8 Å². The molecule has 1 fully saturated rings. The second-order valence-corrected chi connectivity index (χ2v) is 11.0.